The molecule has 3 nitrogen and oxygen atoms in total. The van der Waals surface area contributed by atoms with Crippen LogP contribution in [0.15, 0.2) is 0 Å². The van der Waals surface area contributed by atoms with Crippen molar-refractivity contribution in [3.63, 3.8) is 0 Å². The molecule has 1 aliphatic carbocycles. The van der Waals surface area contributed by atoms with Crippen molar-refractivity contribution in [2.45, 2.75) is 50.5 Å². The van der Waals surface area contributed by atoms with E-state index in [0.29, 0.717) is 12.5 Å². The molecule has 1 heterocycles. The molecule has 0 aromatic carbocycles. The summed E-state index contributed by atoms with van der Waals surface area (Å²) in [6.07, 6.45) is -2.52. The van der Waals surface area contributed by atoms with Gasteiger partial charge in [0.05, 0.1) is 24.7 Å². The number of esters is 1. The van der Waals surface area contributed by atoms with Crippen molar-refractivity contribution < 1.29 is 27.4 Å². The van der Waals surface area contributed by atoms with Gasteiger partial charge in [-0.2, -0.15) is 13.2 Å². The van der Waals surface area contributed by atoms with Crippen LogP contribution in [0.25, 0.3) is 0 Å². The Balaban J connectivity index is 1.60. The van der Waals surface area contributed by atoms with Gasteiger partial charge in [0.15, 0.2) is 0 Å². The first-order chi connectivity index (χ1) is 7.96. The predicted octanol–water partition coefficient (Wildman–Crippen LogP) is 2.44. The highest BCUT2D eigenvalue weighted by atomic mass is 19.4. The van der Waals surface area contributed by atoms with Crippen molar-refractivity contribution in [3.05, 3.63) is 0 Å². The number of epoxide rings is 1. The molecule has 2 aliphatic rings. The third-order valence-electron chi connectivity index (χ3n) is 3.19. The molecule has 1 aliphatic heterocycles. The Morgan fingerprint density at radius 1 is 1.29 bits per heavy atom. The molecular weight excluding hydrogens is 237 g/mol. The Labute approximate surface area is 97.3 Å². The van der Waals surface area contributed by atoms with Crippen molar-refractivity contribution in [3.8, 4) is 0 Å². The van der Waals surface area contributed by atoms with Crippen molar-refractivity contribution in [1.82, 2.24) is 0 Å². The fraction of sp³-hybridized carbons (Fsp3) is 0.909. The molecule has 0 bridgehead atoms. The molecule has 17 heavy (non-hydrogen) atoms. The summed E-state index contributed by atoms with van der Waals surface area (Å²) in [5.74, 6) is -0.564. The van der Waals surface area contributed by atoms with Gasteiger partial charge in [-0.25, -0.2) is 0 Å². The van der Waals surface area contributed by atoms with Gasteiger partial charge in [-0.1, -0.05) is 0 Å². The summed E-state index contributed by atoms with van der Waals surface area (Å²) >= 11 is 0. The van der Waals surface area contributed by atoms with E-state index in [1.54, 1.807) is 0 Å². The summed E-state index contributed by atoms with van der Waals surface area (Å²) < 4.78 is 45.6. The zero-order chi connectivity index (χ0) is 12.5. The van der Waals surface area contributed by atoms with E-state index in [-0.39, 0.29) is 31.0 Å². The number of halogens is 3. The van der Waals surface area contributed by atoms with E-state index in [4.69, 9.17) is 9.47 Å². The molecule has 6 heteroatoms. The average Bonchev–Trinajstić information content (AvgIpc) is 3.00. The standard InChI is InChI=1S/C11H15F3O3/c12-11(13,14)4-1-5-16-10(15)7-2-3-8-9(6-7)17-8/h7-9H,1-6H2. The monoisotopic (exact) mass is 252 g/mol. The van der Waals surface area contributed by atoms with E-state index in [9.17, 15) is 18.0 Å². The molecule has 3 atom stereocenters. The van der Waals surface area contributed by atoms with Gasteiger partial charge in [0.2, 0.25) is 0 Å². The molecule has 2 rings (SSSR count). The van der Waals surface area contributed by atoms with Gasteiger partial charge in [-0.3, -0.25) is 4.79 Å². The first-order valence-corrected chi connectivity index (χ1v) is 5.84. The minimum atomic E-state index is -4.17. The lowest BCUT2D eigenvalue weighted by molar-refractivity contribution is -0.154. The van der Waals surface area contributed by atoms with Gasteiger partial charge in [0.25, 0.3) is 0 Å². The van der Waals surface area contributed by atoms with Crippen LogP contribution in [0.1, 0.15) is 32.1 Å². The Hall–Kier alpha value is -0.780. The zero-order valence-corrected chi connectivity index (χ0v) is 9.33. The Kier molecular flexibility index (Phi) is 3.61. The molecule has 98 valence electrons. The van der Waals surface area contributed by atoms with Crippen LogP contribution in [-0.2, 0) is 14.3 Å². The second-order valence-corrected chi connectivity index (χ2v) is 4.61. The van der Waals surface area contributed by atoms with Crippen molar-refractivity contribution in [2.24, 2.45) is 5.92 Å². The topological polar surface area (TPSA) is 38.8 Å². The number of ether oxygens (including phenoxy) is 2. The van der Waals surface area contributed by atoms with Gasteiger partial charge < -0.3 is 9.47 Å². The van der Waals surface area contributed by atoms with Gasteiger partial charge in [-0.05, 0) is 25.7 Å². The molecule has 0 spiro atoms. The summed E-state index contributed by atoms with van der Waals surface area (Å²) in [6, 6.07) is 0. The van der Waals surface area contributed by atoms with Crippen LogP contribution >= 0.6 is 0 Å². The number of rotatable bonds is 4. The van der Waals surface area contributed by atoms with Crippen molar-refractivity contribution >= 4 is 5.97 Å². The smallest absolute Gasteiger partial charge is 0.389 e. The molecule has 1 saturated carbocycles. The first-order valence-electron chi connectivity index (χ1n) is 5.84. The van der Waals surface area contributed by atoms with E-state index in [1.807, 2.05) is 0 Å². The number of hydrogen-bond donors (Lipinski definition) is 0. The number of carbonyl (C=O) groups is 1. The third-order valence-corrected chi connectivity index (χ3v) is 3.19. The van der Waals surface area contributed by atoms with Crippen LogP contribution in [0.2, 0.25) is 0 Å². The SMILES string of the molecule is O=C(OCCCC(F)(F)F)C1CCC2OC2C1. The van der Waals surface area contributed by atoms with Crippen LogP contribution in [0, 0.1) is 5.92 Å². The highest BCUT2D eigenvalue weighted by Crippen LogP contribution is 2.39. The highest BCUT2D eigenvalue weighted by Gasteiger charge is 2.46. The third kappa shape index (κ3) is 3.87. The predicted molar refractivity (Wildman–Crippen MR) is 52.3 cm³/mol. The maximum Gasteiger partial charge on any atom is 0.389 e. The minimum absolute atomic E-state index is 0.149. The average molecular weight is 252 g/mol. The maximum atomic E-state index is 11.8. The fourth-order valence-electron chi connectivity index (χ4n) is 2.18. The molecule has 0 radical (unpaired) electrons. The number of hydrogen-bond acceptors (Lipinski definition) is 3. The molecular formula is C11H15F3O3. The molecule has 0 amide bonds. The second kappa shape index (κ2) is 4.84. The van der Waals surface area contributed by atoms with Crippen LogP contribution in [0.5, 0.6) is 0 Å². The summed E-state index contributed by atoms with van der Waals surface area (Å²) in [7, 11) is 0. The summed E-state index contributed by atoms with van der Waals surface area (Å²) in [5.41, 5.74) is 0. The number of fused-ring (bicyclic) bond motifs is 1. The summed E-state index contributed by atoms with van der Waals surface area (Å²) in [4.78, 5) is 11.5. The van der Waals surface area contributed by atoms with E-state index in [2.05, 4.69) is 0 Å². The van der Waals surface area contributed by atoms with Crippen LogP contribution < -0.4 is 0 Å². The Morgan fingerprint density at radius 2 is 2.06 bits per heavy atom. The molecule has 0 N–H and O–H groups in total. The van der Waals surface area contributed by atoms with Crippen LogP contribution in [-0.4, -0.2) is 31.0 Å². The lowest BCUT2D eigenvalue weighted by Crippen LogP contribution is -2.24. The van der Waals surface area contributed by atoms with E-state index >= 15 is 0 Å². The van der Waals surface area contributed by atoms with E-state index in [1.165, 1.54) is 0 Å². The Morgan fingerprint density at radius 3 is 2.71 bits per heavy atom. The summed E-state index contributed by atoms with van der Waals surface area (Å²) in [6.45, 7) is -0.149. The minimum Gasteiger partial charge on any atom is -0.465 e. The normalized spacial score (nSPS) is 31.8. The summed E-state index contributed by atoms with van der Waals surface area (Å²) in [5, 5.41) is 0. The largest absolute Gasteiger partial charge is 0.465 e. The molecule has 3 unspecified atom stereocenters. The van der Waals surface area contributed by atoms with Crippen molar-refractivity contribution in [1.29, 1.82) is 0 Å². The first kappa shape index (κ1) is 12.7. The Bertz CT molecular complexity index is 290. The zero-order valence-electron chi connectivity index (χ0n) is 9.33. The van der Waals surface area contributed by atoms with Gasteiger partial charge >= 0.3 is 12.1 Å². The lowest BCUT2D eigenvalue weighted by atomic mass is 9.89. The lowest BCUT2D eigenvalue weighted by Gasteiger charge is -2.17. The fourth-order valence-corrected chi connectivity index (χ4v) is 2.18. The molecule has 1 saturated heterocycles. The number of alkyl halides is 3. The van der Waals surface area contributed by atoms with Gasteiger partial charge in [0.1, 0.15) is 0 Å². The quantitative estimate of drug-likeness (QED) is 0.438. The van der Waals surface area contributed by atoms with Gasteiger partial charge in [0, 0.05) is 6.42 Å². The molecule has 2 fully saturated rings. The van der Waals surface area contributed by atoms with Gasteiger partial charge in [-0.15, -0.1) is 0 Å². The molecule has 0 aromatic heterocycles. The van der Waals surface area contributed by atoms with E-state index < -0.39 is 12.6 Å². The van der Waals surface area contributed by atoms with Crippen LogP contribution in [0.4, 0.5) is 13.2 Å². The van der Waals surface area contributed by atoms with Crippen LogP contribution in [0.3, 0.4) is 0 Å². The number of carbonyl (C=O) groups excluding carboxylic acids is 1. The second-order valence-electron chi connectivity index (χ2n) is 4.61. The molecule has 0 aromatic rings. The van der Waals surface area contributed by atoms with E-state index in [0.717, 1.165) is 12.8 Å². The highest BCUT2D eigenvalue weighted by molar-refractivity contribution is 5.72. The maximum absolute atomic E-state index is 11.8. The van der Waals surface area contributed by atoms with Crippen molar-refractivity contribution in [2.75, 3.05) is 6.61 Å².